The maximum Gasteiger partial charge on any atom is 0.306 e. The number of rotatable bonds is 7. The Kier molecular flexibility index (Phi) is 7.97. The molecule has 3 fully saturated rings. The Balaban J connectivity index is 1.80. The summed E-state index contributed by atoms with van der Waals surface area (Å²) in [7, 11) is 0. The van der Waals surface area contributed by atoms with Gasteiger partial charge < -0.3 is 20.4 Å². The molecule has 33 heavy (non-hydrogen) atoms. The Hall–Kier alpha value is -1.43. The fourth-order valence-electron chi connectivity index (χ4n) is 7.01. The van der Waals surface area contributed by atoms with Crippen molar-refractivity contribution >= 4 is 5.97 Å². The van der Waals surface area contributed by atoms with Gasteiger partial charge in [-0.3, -0.25) is 4.79 Å². The van der Waals surface area contributed by atoms with Crippen LogP contribution in [0.5, 0.6) is 0 Å². The zero-order valence-electron chi connectivity index (χ0n) is 20.9. The van der Waals surface area contributed by atoms with Gasteiger partial charge in [0.05, 0.1) is 23.7 Å². The van der Waals surface area contributed by atoms with Crippen molar-refractivity contribution in [3.05, 3.63) is 35.5 Å². The molecule has 0 aromatic heterocycles. The number of carbonyl (C=O) groups is 1. The SMILES string of the molecule is C=C1C(=CC=C2CCC[C@@]3(C)C2CC[C@@H]3[C@H](C)C(CCC(C)(C)O)C(=O)O)C[C@@H](O)C[C@@H]1O. The van der Waals surface area contributed by atoms with E-state index in [1.165, 1.54) is 5.57 Å². The summed E-state index contributed by atoms with van der Waals surface area (Å²) >= 11 is 0. The Labute approximate surface area is 199 Å². The summed E-state index contributed by atoms with van der Waals surface area (Å²) in [6, 6.07) is 0. The molecule has 0 aliphatic heterocycles. The molecule has 7 atom stereocenters. The van der Waals surface area contributed by atoms with Crippen molar-refractivity contribution in [1.82, 2.24) is 0 Å². The van der Waals surface area contributed by atoms with Crippen LogP contribution in [0, 0.1) is 29.1 Å². The summed E-state index contributed by atoms with van der Waals surface area (Å²) in [6.45, 7) is 12.0. The van der Waals surface area contributed by atoms with Gasteiger partial charge in [-0.1, -0.05) is 38.2 Å². The quantitative estimate of drug-likeness (QED) is 0.428. The van der Waals surface area contributed by atoms with E-state index >= 15 is 0 Å². The molecule has 186 valence electrons. The fourth-order valence-corrected chi connectivity index (χ4v) is 7.01. The zero-order valence-corrected chi connectivity index (χ0v) is 20.9. The van der Waals surface area contributed by atoms with Gasteiger partial charge in [0.25, 0.3) is 0 Å². The lowest BCUT2D eigenvalue weighted by Gasteiger charge is -2.45. The first-order valence-electron chi connectivity index (χ1n) is 12.7. The maximum absolute atomic E-state index is 12.2. The van der Waals surface area contributed by atoms with Gasteiger partial charge in [0.15, 0.2) is 0 Å². The molecule has 0 heterocycles. The van der Waals surface area contributed by atoms with Crippen LogP contribution in [0.4, 0.5) is 0 Å². The van der Waals surface area contributed by atoms with E-state index in [0.29, 0.717) is 43.1 Å². The Morgan fingerprint density at radius 3 is 2.61 bits per heavy atom. The molecule has 5 heteroatoms. The van der Waals surface area contributed by atoms with E-state index in [1.807, 2.05) is 0 Å². The van der Waals surface area contributed by atoms with Crippen LogP contribution in [-0.2, 0) is 4.79 Å². The molecule has 3 aliphatic rings. The van der Waals surface area contributed by atoms with Crippen LogP contribution in [0.25, 0.3) is 0 Å². The number of hydrogen-bond donors (Lipinski definition) is 4. The molecular formula is C28H44O5. The molecule has 0 aromatic carbocycles. The average molecular weight is 461 g/mol. The molecule has 3 rings (SSSR count). The number of aliphatic hydroxyl groups excluding tert-OH is 2. The van der Waals surface area contributed by atoms with Gasteiger partial charge in [0, 0.05) is 6.42 Å². The molecule has 2 unspecified atom stereocenters. The summed E-state index contributed by atoms with van der Waals surface area (Å²) in [5.41, 5.74) is 2.28. The fraction of sp³-hybridized carbons (Fsp3) is 0.750. The first-order chi connectivity index (χ1) is 15.3. The molecular weight excluding hydrogens is 416 g/mol. The van der Waals surface area contributed by atoms with Crippen LogP contribution in [0.15, 0.2) is 35.5 Å². The van der Waals surface area contributed by atoms with E-state index in [0.717, 1.165) is 37.7 Å². The largest absolute Gasteiger partial charge is 0.481 e. The predicted molar refractivity (Wildman–Crippen MR) is 131 cm³/mol. The standard InChI is InChI=1S/C28H44O5/c1-17-20(15-21(29)16-25(17)30)9-8-19-7-6-13-28(5)23(10-11-24(19)28)18(2)22(26(31)32)12-14-27(3,4)33/h8-9,18,21-25,29-30,33H,1,6-7,10-16H2,2-5H3,(H,31,32)/t18-,21-,22?,23-,24?,25+,28-/m1/s1. The van der Waals surface area contributed by atoms with Gasteiger partial charge in [-0.15, -0.1) is 0 Å². The predicted octanol–water partition coefficient (Wildman–Crippen LogP) is 5.02. The summed E-state index contributed by atoms with van der Waals surface area (Å²) in [6.07, 6.45) is 10.3. The number of carboxylic acid groups (broad SMARTS) is 1. The van der Waals surface area contributed by atoms with Crippen molar-refractivity contribution in [1.29, 1.82) is 0 Å². The first kappa shape index (κ1) is 26.2. The number of aliphatic hydroxyl groups is 3. The van der Waals surface area contributed by atoms with Crippen molar-refractivity contribution in [2.24, 2.45) is 29.1 Å². The van der Waals surface area contributed by atoms with Gasteiger partial charge in [-0.2, -0.15) is 0 Å². The van der Waals surface area contributed by atoms with Crippen LogP contribution < -0.4 is 0 Å². The van der Waals surface area contributed by atoms with E-state index in [9.17, 15) is 25.2 Å². The van der Waals surface area contributed by atoms with Gasteiger partial charge in [-0.05, 0) is 99.5 Å². The highest BCUT2D eigenvalue weighted by molar-refractivity contribution is 5.70. The molecule has 3 aliphatic carbocycles. The topological polar surface area (TPSA) is 98.0 Å². The van der Waals surface area contributed by atoms with Crippen LogP contribution in [-0.4, -0.2) is 44.2 Å². The van der Waals surface area contributed by atoms with Gasteiger partial charge >= 0.3 is 5.97 Å². The van der Waals surface area contributed by atoms with E-state index < -0.39 is 29.7 Å². The minimum absolute atomic E-state index is 0.0565. The number of hydrogen-bond acceptors (Lipinski definition) is 4. The number of allylic oxidation sites excluding steroid dienone is 3. The van der Waals surface area contributed by atoms with Gasteiger partial charge in [0.1, 0.15) is 0 Å². The third-order valence-corrected chi connectivity index (χ3v) is 8.96. The van der Waals surface area contributed by atoms with Crippen LogP contribution >= 0.6 is 0 Å². The minimum atomic E-state index is -0.853. The minimum Gasteiger partial charge on any atom is -0.481 e. The molecule has 0 saturated heterocycles. The van der Waals surface area contributed by atoms with E-state index in [1.54, 1.807) is 13.8 Å². The summed E-state index contributed by atoms with van der Waals surface area (Å²) in [4.78, 5) is 12.2. The first-order valence-corrected chi connectivity index (χ1v) is 12.7. The Bertz CT molecular complexity index is 804. The summed E-state index contributed by atoms with van der Waals surface area (Å²) < 4.78 is 0. The van der Waals surface area contributed by atoms with Crippen molar-refractivity contribution in [2.75, 3.05) is 0 Å². The van der Waals surface area contributed by atoms with Crippen LogP contribution in [0.1, 0.15) is 85.5 Å². The highest BCUT2D eigenvalue weighted by atomic mass is 16.4. The van der Waals surface area contributed by atoms with E-state index in [-0.39, 0.29) is 11.3 Å². The average Bonchev–Trinajstić information content (AvgIpc) is 3.06. The lowest BCUT2D eigenvalue weighted by Crippen LogP contribution is -2.39. The normalized spacial score (nSPS) is 37.2. The lowest BCUT2D eigenvalue weighted by atomic mass is 9.59. The van der Waals surface area contributed by atoms with Gasteiger partial charge in [-0.25, -0.2) is 0 Å². The molecule has 4 N–H and O–H groups in total. The Morgan fingerprint density at radius 2 is 1.97 bits per heavy atom. The van der Waals surface area contributed by atoms with Crippen molar-refractivity contribution < 1.29 is 25.2 Å². The monoisotopic (exact) mass is 460 g/mol. The van der Waals surface area contributed by atoms with Gasteiger partial charge in [0.2, 0.25) is 0 Å². The van der Waals surface area contributed by atoms with Crippen molar-refractivity contribution in [3.63, 3.8) is 0 Å². The van der Waals surface area contributed by atoms with Crippen LogP contribution in [0.2, 0.25) is 0 Å². The number of aliphatic carboxylic acids is 1. The van der Waals surface area contributed by atoms with E-state index in [4.69, 9.17) is 0 Å². The number of carboxylic acids is 1. The smallest absolute Gasteiger partial charge is 0.306 e. The second-order valence-electron chi connectivity index (χ2n) is 11.8. The molecule has 0 amide bonds. The molecule has 0 radical (unpaired) electrons. The molecule has 0 bridgehead atoms. The second-order valence-corrected chi connectivity index (χ2v) is 11.8. The molecule has 0 spiro atoms. The lowest BCUT2D eigenvalue weighted by molar-refractivity contribution is -0.145. The summed E-state index contributed by atoms with van der Waals surface area (Å²) in [5.74, 6) is -0.355. The van der Waals surface area contributed by atoms with Crippen LogP contribution in [0.3, 0.4) is 0 Å². The maximum atomic E-state index is 12.2. The molecule has 3 saturated carbocycles. The Morgan fingerprint density at radius 1 is 1.27 bits per heavy atom. The third-order valence-electron chi connectivity index (χ3n) is 8.96. The molecule has 0 aromatic rings. The van der Waals surface area contributed by atoms with E-state index in [2.05, 4.69) is 32.6 Å². The highest BCUT2D eigenvalue weighted by Crippen LogP contribution is 2.60. The summed E-state index contributed by atoms with van der Waals surface area (Å²) in [5, 5.41) is 40.3. The van der Waals surface area contributed by atoms with Crippen molar-refractivity contribution in [2.45, 2.75) is 103 Å². The molecule has 5 nitrogen and oxygen atoms in total. The zero-order chi connectivity index (χ0) is 24.6. The third kappa shape index (κ3) is 5.80. The highest BCUT2D eigenvalue weighted by Gasteiger charge is 2.52. The van der Waals surface area contributed by atoms with Crippen molar-refractivity contribution in [3.8, 4) is 0 Å². The number of fused-ring (bicyclic) bond motifs is 1. The second kappa shape index (κ2) is 10.1.